The summed E-state index contributed by atoms with van der Waals surface area (Å²) in [6.45, 7) is 11.0. The lowest BCUT2D eigenvalue weighted by molar-refractivity contribution is 0.0541. The Labute approximate surface area is 71.1 Å². The van der Waals surface area contributed by atoms with Crippen LogP contribution in [-0.4, -0.2) is 13.2 Å². The van der Waals surface area contributed by atoms with Crippen LogP contribution in [0.1, 0.15) is 34.6 Å². The minimum Gasteiger partial charge on any atom is -0.381 e. The number of methoxy groups -OCH3 is 1. The Kier molecular flexibility index (Phi) is 4.74. The zero-order chi connectivity index (χ0) is 9.02. The van der Waals surface area contributed by atoms with E-state index in [1.165, 1.54) is 5.92 Å². The molecule has 0 aliphatic heterocycles. The smallest absolute Gasteiger partial charge is 0.0579 e. The monoisotopic (exact) mass is 157 g/mol. The quantitative estimate of drug-likeness (QED) is 0.609. The summed E-state index contributed by atoms with van der Waals surface area (Å²) in [6, 6.07) is 0. The van der Waals surface area contributed by atoms with Crippen LogP contribution in [-0.2, 0) is 4.74 Å². The summed E-state index contributed by atoms with van der Waals surface area (Å²) in [5.74, 6) is 2.74. The van der Waals surface area contributed by atoms with Gasteiger partial charge in [-0.2, -0.15) is 0 Å². The van der Waals surface area contributed by atoms with E-state index in [1.54, 1.807) is 7.11 Å². The van der Waals surface area contributed by atoms with Crippen molar-refractivity contribution in [2.45, 2.75) is 40.7 Å². The average molecular weight is 157 g/mol. The molecule has 0 saturated heterocycles. The Morgan fingerprint density at radius 3 is 1.64 bits per heavy atom. The maximum absolute atomic E-state index is 5.31. The molecule has 0 aliphatic carbocycles. The van der Waals surface area contributed by atoms with E-state index in [2.05, 4.69) is 34.6 Å². The molecule has 0 aromatic carbocycles. The zero-order valence-corrected chi connectivity index (χ0v) is 8.64. The van der Waals surface area contributed by atoms with Crippen LogP contribution in [0.4, 0.5) is 0 Å². The molecule has 0 saturated carbocycles. The van der Waals surface area contributed by atoms with Gasteiger partial charge in [0.05, 0.1) is 6.10 Å². The van der Waals surface area contributed by atoms with Crippen molar-refractivity contribution in [3.05, 3.63) is 5.92 Å². The van der Waals surface area contributed by atoms with Crippen LogP contribution in [0.25, 0.3) is 0 Å². The van der Waals surface area contributed by atoms with Gasteiger partial charge in [0.1, 0.15) is 0 Å². The highest BCUT2D eigenvalue weighted by Gasteiger charge is 2.23. The molecule has 0 aromatic heterocycles. The molecule has 1 nitrogen and oxygen atoms in total. The average Bonchev–Trinajstić information content (AvgIpc) is 1.85. The molecule has 0 spiro atoms. The Morgan fingerprint density at radius 1 is 1.09 bits per heavy atom. The van der Waals surface area contributed by atoms with Gasteiger partial charge in [-0.15, -0.1) is 0 Å². The molecule has 67 valence electrons. The number of rotatable bonds is 4. The molecule has 0 rings (SSSR count). The largest absolute Gasteiger partial charge is 0.381 e. The second-order valence-corrected chi connectivity index (χ2v) is 3.79. The highest BCUT2D eigenvalue weighted by atomic mass is 16.5. The summed E-state index contributed by atoms with van der Waals surface area (Å²) in [5.41, 5.74) is 0. The molecule has 0 bridgehead atoms. The van der Waals surface area contributed by atoms with Crippen molar-refractivity contribution in [2.24, 2.45) is 11.8 Å². The lowest BCUT2D eigenvalue weighted by atomic mass is 9.82. The highest BCUT2D eigenvalue weighted by molar-refractivity contribution is 4.92. The van der Waals surface area contributed by atoms with Crippen molar-refractivity contribution in [3.63, 3.8) is 0 Å². The normalized spacial score (nSPS) is 15.0. The van der Waals surface area contributed by atoms with Gasteiger partial charge in [0, 0.05) is 7.11 Å². The fourth-order valence-electron chi connectivity index (χ4n) is 1.82. The summed E-state index contributed by atoms with van der Waals surface area (Å²) in [5, 5.41) is 0. The summed E-state index contributed by atoms with van der Waals surface area (Å²) in [7, 11) is 1.78. The van der Waals surface area contributed by atoms with Crippen molar-refractivity contribution in [1.82, 2.24) is 0 Å². The lowest BCUT2D eigenvalue weighted by Crippen LogP contribution is -2.27. The molecule has 0 aliphatic rings. The summed E-state index contributed by atoms with van der Waals surface area (Å²) in [6.07, 6.45) is 0.347. The van der Waals surface area contributed by atoms with Gasteiger partial charge in [-0.1, -0.05) is 27.7 Å². The second-order valence-electron chi connectivity index (χ2n) is 3.79. The molecule has 11 heavy (non-hydrogen) atoms. The van der Waals surface area contributed by atoms with Crippen LogP contribution in [0.2, 0.25) is 0 Å². The van der Waals surface area contributed by atoms with Crippen LogP contribution >= 0.6 is 0 Å². The van der Waals surface area contributed by atoms with E-state index in [0.29, 0.717) is 17.9 Å². The topological polar surface area (TPSA) is 9.23 Å². The minimum absolute atomic E-state index is 0.347. The van der Waals surface area contributed by atoms with Crippen LogP contribution in [0, 0.1) is 17.8 Å². The molecule has 0 amide bonds. The first-order chi connectivity index (χ1) is 5.00. The van der Waals surface area contributed by atoms with Gasteiger partial charge in [-0.25, -0.2) is 0 Å². The Bertz CT molecular complexity index is 89.0. The fraction of sp³-hybridized carbons (Fsp3) is 0.900. The molecule has 0 heterocycles. The van der Waals surface area contributed by atoms with Gasteiger partial charge in [-0.3, -0.25) is 0 Å². The molecule has 0 fully saturated rings. The predicted octanol–water partition coefficient (Wildman–Crippen LogP) is 2.91. The second kappa shape index (κ2) is 4.76. The summed E-state index contributed by atoms with van der Waals surface area (Å²) < 4.78 is 5.31. The third-order valence-electron chi connectivity index (χ3n) is 2.26. The molecular weight excluding hydrogens is 136 g/mol. The van der Waals surface area contributed by atoms with Crippen molar-refractivity contribution in [1.29, 1.82) is 0 Å². The van der Waals surface area contributed by atoms with E-state index >= 15 is 0 Å². The summed E-state index contributed by atoms with van der Waals surface area (Å²) >= 11 is 0. The molecular formula is C10H21O. The Hall–Kier alpha value is -0.0400. The zero-order valence-electron chi connectivity index (χ0n) is 8.64. The van der Waals surface area contributed by atoms with Crippen molar-refractivity contribution in [3.8, 4) is 0 Å². The number of hydrogen-bond acceptors (Lipinski definition) is 1. The van der Waals surface area contributed by atoms with Crippen LogP contribution in [0.15, 0.2) is 0 Å². The van der Waals surface area contributed by atoms with E-state index in [1.807, 2.05) is 0 Å². The lowest BCUT2D eigenvalue weighted by Gasteiger charge is -2.29. The fourth-order valence-corrected chi connectivity index (χ4v) is 1.82. The Balaban J connectivity index is 4.09. The molecule has 1 radical (unpaired) electrons. The van der Waals surface area contributed by atoms with E-state index in [0.717, 1.165) is 0 Å². The molecule has 0 N–H and O–H groups in total. The van der Waals surface area contributed by atoms with Crippen LogP contribution in [0.3, 0.4) is 0 Å². The molecule has 2 unspecified atom stereocenters. The van der Waals surface area contributed by atoms with Gasteiger partial charge in [0.15, 0.2) is 0 Å². The third kappa shape index (κ3) is 3.24. The van der Waals surface area contributed by atoms with Gasteiger partial charge >= 0.3 is 0 Å². The van der Waals surface area contributed by atoms with Gasteiger partial charge in [-0.05, 0) is 24.7 Å². The molecule has 1 heteroatoms. The van der Waals surface area contributed by atoms with Gasteiger partial charge in [0.25, 0.3) is 0 Å². The number of hydrogen-bond donors (Lipinski definition) is 0. The number of ether oxygens (including phenoxy) is 1. The highest BCUT2D eigenvalue weighted by Crippen LogP contribution is 2.26. The predicted molar refractivity (Wildman–Crippen MR) is 49.4 cm³/mol. The maximum Gasteiger partial charge on any atom is 0.0579 e. The SMILES string of the molecule is COC(C)C([C](C)C)C(C)C. The van der Waals surface area contributed by atoms with Crippen LogP contribution in [0.5, 0.6) is 0 Å². The van der Waals surface area contributed by atoms with Crippen molar-refractivity contribution >= 4 is 0 Å². The van der Waals surface area contributed by atoms with E-state index in [-0.39, 0.29) is 0 Å². The summed E-state index contributed by atoms with van der Waals surface area (Å²) in [4.78, 5) is 0. The minimum atomic E-state index is 0.347. The third-order valence-corrected chi connectivity index (χ3v) is 2.26. The van der Waals surface area contributed by atoms with Gasteiger partial charge < -0.3 is 4.74 Å². The first-order valence-corrected chi connectivity index (χ1v) is 4.33. The Morgan fingerprint density at radius 2 is 1.55 bits per heavy atom. The first-order valence-electron chi connectivity index (χ1n) is 4.33. The van der Waals surface area contributed by atoms with Crippen molar-refractivity contribution < 1.29 is 4.74 Å². The van der Waals surface area contributed by atoms with E-state index < -0.39 is 0 Å². The van der Waals surface area contributed by atoms with E-state index in [4.69, 9.17) is 4.74 Å². The van der Waals surface area contributed by atoms with Crippen LogP contribution < -0.4 is 0 Å². The molecule has 0 aromatic rings. The standard InChI is InChI=1S/C10H21O/c1-7(2)10(8(3)4)9(5)11-6/h7,9-10H,1-6H3. The van der Waals surface area contributed by atoms with Crippen molar-refractivity contribution in [2.75, 3.05) is 7.11 Å². The first kappa shape index (κ1) is 11.0. The van der Waals surface area contributed by atoms with E-state index in [9.17, 15) is 0 Å². The maximum atomic E-state index is 5.31. The molecule has 2 atom stereocenters. The van der Waals surface area contributed by atoms with Gasteiger partial charge in [0.2, 0.25) is 0 Å².